The van der Waals surface area contributed by atoms with Gasteiger partial charge in [0.05, 0.1) is 12.1 Å². The summed E-state index contributed by atoms with van der Waals surface area (Å²) in [5.74, 6) is -0.204. The quantitative estimate of drug-likeness (QED) is 0.677. The summed E-state index contributed by atoms with van der Waals surface area (Å²) in [5.41, 5.74) is 0.153. The number of aromatic carboxylic acids is 1. The van der Waals surface area contributed by atoms with E-state index in [2.05, 4.69) is 4.98 Å². The van der Waals surface area contributed by atoms with Gasteiger partial charge in [-0.05, 0) is 0 Å². The zero-order chi connectivity index (χ0) is 8.43. The molecule has 5 heteroatoms. The minimum atomic E-state index is -0.989. The summed E-state index contributed by atoms with van der Waals surface area (Å²) in [4.78, 5) is 14.3. The first-order valence-corrected chi connectivity index (χ1v) is 3.50. The van der Waals surface area contributed by atoms with Crippen LogP contribution in [0, 0.1) is 0 Å². The van der Waals surface area contributed by atoms with Crippen molar-refractivity contribution in [3.05, 3.63) is 17.7 Å². The number of imidazole rings is 1. The van der Waals surface area contributed by atoms with Crippen LogP contribution in [0.2, 0.25) is 0 Å². The van der Waals surface area contributed by atoms with Crippen LogP contribution in [-0.2, 0) is 12.9 Å². The van der Waals surface area contributed by atoms with E-state index in [9.17, 15) is 4.79 Å². The standard InChI is InChI=1S/C6H7ClN2O2/c1-9-4(6(10)11)3-8-5(9)2-7/h3H,2H2,1H3,(H,10,11). The number of carboxylic acid groups (broad SMARTS) is 1. The summed E-state index contributed by atoms with van der Waals surface area (Å²) < 4.78 is 1.45. The second kappa shape index (κ2) is 2.92. The third-order valence-electron chi connectivity index (χ3n) is 1.42. The van der Waals surface area contributed by atoms with Crippen molar-refractivity contribution in [3.8, 4) is 0 Å². The molecule has 0 atom stereocenters. The first-order chi connectivity index (χ1) is 5.16. The van der Waals surface area contributed by atoms with Crippen LogP contribution in [0.15, 0.2) is 6.20 Å². The van der Waals surface area contributed by atoms with Crippen molar-refractivity contribution in [1.29, 1.82) is 0 Å². The molecule has 4 nitrogen and oxygen atoms in total. The lowest BCUT2D eigenvalue weighted by molar-refractivity contribution is 0.0686. The molecule has 1 heterocycles. The summed E-state index contributed by atoms with van der Waals surface area (Å²) in [6.45, 7) is 0. The Morgan fingerprint density at radius 3 is 2.82 bits per heavy atom. The number of halogens is 1. The van der Waals surface area contributed by atoms with Crippen molar-refractivity contribution in [2.24, 2.45) is 7.05 Å². The lowest BCUT2D eigenvalue weighted by Crippen LogP contribution is -2.05. The molecule has 1 aromatic heterocycles. The van der Waals surface area contributed by atoms with Crippen molar-refractivity contribution < 1.29 is 9.90 Å². The highest BCUT2D eigenvalue weighted by atomic mass is 35.5. The summed E-state index contributed by atoms with van der Waals surface area (Å²) in [6.07, 6.45) is 1.29. The van der Waals surface area contributed by atoms with E-state index in [1.807, 2.05) is 0 Å². The lowest BCUT2D eigenvalue weighted by Gasteiger charge is -1.97. The SMILES string of the molecule is Cn1c(C(=O)O)cnc1CCl. The first kappa shape index (κ1) is 8.07. The van der Waals surface area contributed by atoms with Crippen LogP contribution in [0.3, 0.4) is 0 Å². The summed E-state index contributed by atoms with van der Waals surface area (Å²) in [5, 5.41) is 8.57. The Kier molecular flexibility index (Phi) is 2.14. The number of hydrogen-bond donors (Lipinski definition) is 1. The monoisotopic (exact) mass is 174 g/mol. The number of carboxylic acids is 1. The molecule has 0 saturated heterocycles. The van der Waals surface area contributed by atoms with Gasteiger partial charge in [-0.15, -0.1) is 11.6 Å². The van der Waals surface area contributed by atoms with Gasteiger partial charge in [0.25, 0.3) is 0 Å². The summed E-state index contributed by atoms with van der Waals surface area (Å²) in [6, 6.07) is 0. The van der Waals surface area contributed by atoms with Gasteiger partial charge in [0, 0.05) is 7.05 Å². The van der Waals surface area contributed by atoms with E-state index in [1.54, 1.807) is 7.05 Å². The molecule has 0 unspecified atom stereocenters. The van der Waals surface area contributed by atoms with Crippen LogP contribution in [0.25, 0.3) is 0 Å². The number of hydrogen-bond acceptors (Lipinski definition) is 2. The third kappa shape index (κ3) is 1.35. The van der Waals surface area contributed by atoms with E-state index in [-0.39, 0.29) is 11.6 Å². The molecule has 0 aliphatic heterocycles. The fourth-order valence-corrected chi connectivity index (χ4v) is 1.02. The number of rotatable bonds is 2. The number of carbonyl (C=O) groups is 1. The van der Waals surface area contributed by atoms with Gasteiger partial charge in [0.2, 0.25) is 0 Å². The van der Waals surface area contributed by atoms with Crippen LogP contribution in [0.1, 0.15) is 16.3 Å². The van der Waals surface area contributed by atoms with E-state index in [4.69, 9.17) is 16.7 Å². The van der Waals surface area contributed by atoms with Crippen molar-refractivity contribution in [2.75, 3.05) is 0 Å². The Labute approximate surface area is 68.4 Å². The second-order valence-corrected chi connectivity index (χ2v) is 2.32. The van der Waals surface area contributed by atoms with Crippen molar-refractivity contribution >= 4 is 17.6 Å². The predicted octanol–water partition coefficient (Wildman–Crippen LogP) is 0.857. The molecule has 0 bridgehead atoms. The molecule has 0 fully saturated rings. The smallest absolute Gasteiger partial charge is 0.354 e. The summed E-state index contributed by atoms with van der Waals surface area (Å²) >= 11 is 5.47. The highest BCUT2D eigenvalue weighted by Gasteiger charge is 2.10. The number of nitrogens with zero attached hydrogens (tertiary/aromatic N) is 2. The molecule has 60 valence electrons. The van der Waals surface area contributed by atoms with Crippen LogP contribution in [0.4, 0.5) is 0 Å². The molecule has 0 radical (unpaired) electrons. The Morgan fingerprint density at radius 2 is 2.55 bits per heavy atom. The zero-order valence-corrected chi connectivity index (χ0v) is 6.67. The minimum absolute atomic E-state index is 0.153. The average Bonchev–Trinajstić information content (AvgIpc) is 2.30. The predicted molar refractivity (Wildman–Crippen MR) is 39.7 cm³/mol. The van der Waals surface area contributed by atoms with E-state index in [0.29, 0.717) is 5.82 Å². The molecule has 11 heavy (non-hydrogen) atoms. The molecule has 0 aliphatic carbocycles. The van der Waals surface area contributed by atoms with Crippen LogP contribution in [0.5, 0.6) is 0 Å². The van der Waals surface area contributed by atoms with Crippen LogP contribution >= 0.6 is 11.6 Å². The molecule has 0 aliphatic rings. The van der Waals surface area contributed by atoms with Gasteiger partial charge >= 0.3 is 5.97 Å². The van der Waals surface area contributed by atoms with E-state index in [1.165, 1.54) is 10.8 Å². The fraction of sp³-hybridized carbons (Fsp3) is 0.333. The van der Waals surface area contributed by atoms with Gasteiger partial charge in [0.1, 0.15) is 11.5 Å². The molecular formula is C6H7ClN2O2. The first-order valence-electron chi connectivity index (χ1n) is 2.96. The maximum atomic E-state index is 10.4. The van der Waals surface area contributed by atoms with Crippen LogP contribution < -0.4 is 0 Å². The molecule has 0 spiro atoms. The molecule has 1 rings (SSSR count). The average molecular weight is 175 g/mol. The third-order valence-corrected chi connectivity index (χ3v) is 1.66. The maximum Gasteiger partial charge on any atom is 0.354 e. The molecule has 0 aromatic carbocycles. The molecule has 0 amide bonds. The highest BCUT2D eigenvalue weighted by molar-refractivity contribution is 6.16. The molecule has 1 aromatic rings. The molecule has 0 saturated carbocycles. The maximum absolute atomic E-state index is 10.4. The van der Waals surface area contributed by atoms with E-state index >= 15 is 0 Å². The Hall–Kier alpha value is -1.03. The highest BCUT2D eigenvalue weighted by Crippen LogP contribution is 2.04. The van der Waals surface area contributed by atoms with Crippen molar-refractivity contribution in [2.45, 2.75) is 5.88 Å². The Morgan fingerprint density at radius 1 is 1.91 bits per heavy atom. The number of aromatic nitrogens is 2. The normalized spacial score (nSPS) is 10.0. The van der Waals surface area contributed by atoms with Gasteiger partial charge in [-0.2, -0.15) is 0 Å². The topological polar surface area (TPSA) is 55.1 Å². The fourth-order valence-electron chi connectivity index (χ4n) is 0.771. The van der Waals surface area contributed by atoms with E-state index < -0.39 is 5.97 Å². The minimum Gasteiger partial charge on any atom is -0.477 e. The lowest BCUT2D eigenvalue weighted by atomic mass is 10.5. The molecular weight excluding hydrogens is 168 g/mol. The van der Waals surface area contributed by atoms with Gasteiger partial charge in [-0.1, -0.05) is 0 Å². The molecule has 1 N–H and O–H groups in total. The van der Waals surface area contributed by atoms with Gasteiger partial charge in [-0.25, -0.2) is 9.78 Å². The summed E-state index contributed by atoms with van der Waals surface area (Å²) in [7, 11) is 1.62. The second-order valence-electron chi connectivity index (χ2n) is 2.06. The van der Waals surface area contributed by atoms with Gasteiger partial charge in [0.15, 0.2) is 0 Å². The zero-order valence-electron chi connectivity index (χ0n) is 5.91. The number of alkyl halides is 1. The van der Waals surface area contributed by atoms with Gasteiger partial charge in [-0.3, -0.25) is 0 Å². The van der Waals surface area contributed by atoms with Crippen molar-refractivity contribution in [1.82, 2.24) is 9.55 Å². The Bertz CT molecular complexity index is 282. The Balaban J connectivity index is 3.10. The van der Waals surface area contributed by atoms with E-state index in [0.717, 1.165) is 0 Å². The van der Waals surface area contributed by atoms with Gasteiger partial charge < -0.3 is 9.67 Å². The van der Waals surface area contributed by atoms with Crippen molar-refractivity contribution in [3.63, 3.8) is 0 Å². The van der Waals surface area contributed by atoms with Crippen LogP contribution in [-0.4, -0.2) is 20.6 Å². The largest absolute Gasteiger partial charge is 0.477 e.